The Labute approximate surface area is 115 Å². The molecule has 0 aliphatic rings. The van der Waals surface area contributed by atoms with E-state index in [1.54, 1.807) is 6.26 Å². The lowest BCUT2D eigenvalue weighted by molar-refractivity contribution is 0.0710. The van der Waals surface area contributed by atoms with Crippen LogP contribution >= 0.6 is 0 Å². The van der Waals surface area contributed by atoms with E-state index in [-0.39, 0.29) is 0 Å². The van der Waals surface area contributed by atoms with Gasteiger partial charge in [0.15, 0.2) is 0 Å². The average Bonchev–Trinajstić information content (AvgIpc) is 2.15. The van der Waals surface area contributed by atoms with Crippen LogP contribution in [0.25, 0.3) is 0 Å². The average molecular weight is 258 g/mol. The van der Waals surface area contributed by atoms with Crippen LogP contribution in [0.2, 0.25) is 0 Å². The van der Waals surface area contributed by atoms with E-state index in [2.05, 4.69) is 41.5 Å². The summed E-state index contributed by atoms with van der Waals surface area (Å²) in [5.74, 6) is 1.35. The van der Waals surface area contributed by atoms with Gasteiger partial charge >= 0.3 is 0 Å². The quantitative estimate of drug-likeness (QED) is 0.596. The monoisotopic (exact) mass is 258 g/mol. The zero-order chi connectivity index (χ0) is 14.6. The first-order valence-electron chi connectivity index (χ1n) is 7.19. The predicted molar refractivity (Wildman–Crippen MR) is 80.7 cm³/mol. The Morgan fingerprint density at radius 1 is 0.833 bits per heavy atom. The van der Waals surface area contributed by atoms with Crippen LogP contribution in [0.15, 0.2) is 12.3 Å². The van der Waals surface area contributed by atoms with E-state index in [4.69, 9.17) is 9.47 Å². The van der Waals surface area contributed by atoms with Gasteiger partial charge in [-0.15, -0.1) is 0 Å². The molecule has 0 heterocycles. The van der Waals surface area contributed by atoms with Crippen molar-refractivity contribution in [3.8, 4) is 0 Å². The largest absolute Gasteiger partial charge is 0.499 e. The highest BCUT2D eigenvalue weighted by Crippen LogP contribution is 2.00. The molecule has 0 aromatic heterocycles. The lowest BCUT2D eigenvalue weighted by atomic mass is 10.1. The summed E-state index contributed by atoms with van der Waals surface area (Å²) in [5, 5.41) is 0. The minimum absolute atomic E-state index is 0.306. The van der Waals surface area contributed by atoms with Gasteiger partial charge in [0.1, 0.15) is 0 Å². The standard InChI is InChI=1S/C8H18O.C8H16O/c2*1-7(2)5-6-9-8(3)4/h7-8H,5-6H2,1-4H3;5-8H,1-4H3/b;6-5-. The maximum Gasteiger partial charge on any atom is 0.0922 e. The van der Waals surface area contributed by atoms with Crippen LogP contribution in [0.5, 0.6) is 0 Å². The molecule has 0 atom stereocenters. The summed E-state index contributed by atoms with van der Waals surface area (Å²) in [7, 11) is 0. The van der Waals surface area contributed by atoms with Crippen molar-refractivity contribution in [2.45, 2.75) is 74.0 Å². The van der Waals surface area contributed by atoms with E-state index in [1.165, 1.54) is 6.42 Å². The number of ether oxygens (including phenoxy) is 2. The molecule has 0 spiro atoms. The van der Waals surface area contributed by atoms with E-state index >= 15 is 0 Å². The highest BCUT2D eigenvalue weighted by Gasteiger charge is 1.95. The van der Waals surface area contributed by atoms with Crippen molar-refractivity contribution >= 4 is 0 Å². The summed E-state index contributed by atoms with van der Waals surface area (Å²) in [6.07, 6.45) is 5.69. The molecule has 0 bridgehead atoms. The second-order valence-corrected chi connectivity index (χ2v) is 5.86. The molecule has 0 aromatic carbocycles. The van der Waals surface area contributed by atoms with Crippen LogP contribution < -0.4 is 0 Å². The summed E-state index contributed by atoms with van der Waals surface area (Å²) < 4.78 is 10.5. The van der Waals surface area contributed by atoms with Crippen LogP contribution in [0.3, 0.4) is 0 Å². The molecule has 0 aliphatic heterocycles. The third kappa shape index (κ3) is 24.6. The third-order valence-corrected chi connectivity index (χ3v) is 1.96. The van der Waals surface area contributed by atoms with Gasteiger partial charge in [-0.3, -0.25) is 0 Å². The molecule has 110 valence electrons. The number of allylic oxidation sites excluding steroid dienone is 1. The van der Waals surface area contributed by atoms with Gasteiger partial charge in [0.05, 0.1) is 18.5 Å². The lowest BCUT2D eigenvalue weighted by Crippen LogP contribution is -2.05. The Hall–Kier alpha value is -0.500. The van der Waals surface area contributed by atoms with Crippen molar-refractivity contribution < 1.29 is 9.47 Å². The summed E-state index contributed by atoms with van der Waals surface area (Å²) in [4.78, 5) is 0. The van der Waals surface area contributed by atoms with Crippen molar-refractivity contribution in [3.63, 3.8) is 0 Å². The molecule has 0 aliphatic carbocycles. The minimum Gasteiger partial charge on any atom is -0.499 e. The second kappa shape index (κ2) is 12.9. The van der Waals surface area contributed by atoms with Gasteiger partial charge in [-0.05, 0) is 52.0 Å². The molecule has 2 nitrogen and oxygen atoms in total. The van der Waals surface area contributed by atoms with Gasteiger partial charge in [0.25, 0.3) is 0 Å². The zero-order valence-corrected chi connectivity index (χ0v) is 13.7. The van der Waals surface area contributed by atoms with Crippen molar-refractivity contribution in [1.29, 1.82) is 0 Å². The fourth-order valence-electron chi connectivity index (χ4n) is 0.899. The van der Waals surface area contributed by atoms with E-state index in [9.17, 15) is 0 Å². The lowest BCUT2D eigenvalue weighted by Gasteiger charge is -2.08. The predicted octanol–water partition coefficient (Wildman–Crippen LogP) is 5.04. The van der Waals surface area contributed by atoms with E-state index in [0.29, 0.717) is 18.1 Å². The van der Waals surface area contributed by atoms with E-state index < -0.39 is 0 Å². The Kier molecular flexibility index (Phi) is 14.3. The molecule has 0 N–H and O–H groups in total. The van der Waals surface area contributed by atoms with Gasteiger partial charge < -0.3 is 9.47 Å². The molecule has 0 radical (unpaired) electrons. The molecular weight excluding hydrogens is 224 g/mol. The zero-order valence-electron chi connectivity index (χ0n) is 13.7. The first-order chi connectivity index (χ1) is 8.25. The minimum atomic E-state index is 0.306. The van der Waals surface area contributed by atoms with Crippen LogP contribution in [0, 0.1) is 11.8 Å². The number of hydrogen-bond acceptors (Lipinski definition) is 2. The molecule has 0 aromatic rings. The van der Waals surface area contributed by atoms with Gasteiger partial charge in [-0.25, -0.2) is 0 Å². The summed E-state index contributed by atoms with van der Waals surface area (Å²) >= 11 is 0. The molecule has 2 heteroatoms. The van der Waals surface area contributed by atoms with Crippen LogP contribution in [-0.4, -0.2) is 18.8 Å². The van der Waals surface area contributed by atoms with E-state index in [0.717, 1.165) is 12.5 Å². The normalized spacial score (nSPS) is 11.6. The van der Waals surface area contributed by atoms with Gasteiger partial charge in [-0.1, -0.05) is 27.7 Å². The van der Waals surface area contributed by atoms with Crippen LogP contribution in [-0.2, 0) is 9.47 Å². The topological polar surface area (TPSA) is 18.5 Å². The van der Waals surface area contributed by atoms with E-state index in [1.807, 2.05) is 19.9 Å². The van der Waals surface area contributed by atoms with Gasteiger partial charge in [0.2, 0.25) is 0 Å². The third-order valence-electron chi connectivity index (χ3n) is 1.96. The Balaban J connectivity index is 0. The Morgan fingerprint density at radius 2 is 1.39 bits per heavy atom. The smallest absolute Gasteiger partial charge is 0.0922 e. The molecular formula is C16H34O2. The fraction of sp³-hybridized carbons (Fsp3) is 0.875. The first kappa shape index (κ1) is 19.8. The molecule has 18 heavy (non-hydrogen) atoms. The first-order valence-corrected chi connectivity index (χ1v) is 7.19. The number of rotatable bonds is 7. The Morgan fingerprint density at radius 3 is 1.72 bits per heavy atom. The van der Waals surface area contributed by atoms with Crippen molar-refractivity contribution in [2.24, 2.45) is 11.8 Å². The SMILES string of the molecule is CC(C)/C=C\OC(C)C.CC(C)CCOC(C)C. The molecule has 0 saturated heterocycles. The van der Waals surface area contributed by atoms with Crippen molar-refractivity contribution in [2.75, 3.05) is 6.61 Å². The maximum absolute atomic E-state index is 5.35. The molecule has 0 amide bonds. The maximum atomic E-state index is 5.35. The van der Waals surface area contributed by atoms with Gasteiger partial charge in [0, 0.05) is 6.61 Å². The van der Waals surface area contributed by atoms with Crippen LogP contribution in [0.4, 0.5) is 0 Å². The second-order valence-electron chi connectivity index (χ2n) is 5.86. The highest BCUT2D eigenvalue weighted by molar-refractivity contribution is 4.77. The number of hydrogen-bond donors (Lipinski definition) is 0. The fourth-order valence-corrected chi connectivity index (χ4v) is 0.899. The van der Waals surface area contributed by atoms with Crippen molar-refractivity contribution in [1.82, 2.24) is 0 Å². The summed E-state index contributed by atoms with van der Waals surface area (Å²) in [6, 6.07) is 0. The summed E-state index contributed by atoms with van der Waals surface area (Å²) in [5.41, 5.74) is 0. The molecule has 0 fully saturated rings. The molecule has 0 unspecified atom stereocenters. The van der Waals surface area contributed by atoms with Crippen LogP contribution in [0.1, 0.15) is 61.8 Å². The van der Waals surface area contributed by atoms with Crippen molar-refractivity contribution in [3.05, 3.63) is 12.3 Å². The Bertz CT molecular complexity index is 174. The summed E-state index contributed by atoms with van der Waals surface area (Å²) in [6.45, 7) is 17.8. The highest BCUT2D eigenvalue weighted by atomic mass is 16.5. The van der Waals surface area contributed by atoms with Gasteiger partial charge in [-0.2, -0.15) is 0 Å². The molecule has 0 saturated carbocycles. The molecule has 0 rings (SSSR count).